The van der Waals surface area contributed by atoms with Crippen LogP contribution in [-0.4, -0.2) is 5.54 Å². The van der Waals surface area contributed by atoms with Crippen molar-refractivity contribution in [3.8, 4) is 0 Å². The molecule has 1 atom stereocenters. The Bertz CT molecular complexity index is 305. The molecule has 1 aromatic carbocycles. The summed E-state index contributed by atoms with van der Waals surface area (Å²) >= 11 is 0. The first-order chi connectivity index (χ1) is 6.65. The highest BCUT2D eigenvalue weighted by Gasteiger charge is 2.36. The number of rotatable bonds is 2. The molecule has 0 heterocycles. The summed E-state index contributed by atoms with van der Waals surface area (Å²) in [5.74, 6) is 0.606. The number of hydrogen-bond acceptors (Lipinski definition) is 1. The van der Waals surface area contributed by atoms with Gasteiger partial charge in [-0.3, -0.25) is 0 Å². The number of fused-ring (bicyclic) bond motifs is 1. The van der Waals surface area contributed by atoms with Crippen LogP contribution in [0.4, 0.5) is 0 Å². The maximum absolute atomic E-state index is 6.46. The first-order valence-corrected chi connectivity index (χ1v) is 5.51. The van der Waals surface area contributed by atoms with E-state index in [0.717, 1.165) is 12.8 Å². The quantitative estimate of drug-likeness (QED) is 0.760. The van der Waals surface area contributed by atoms with Gasteiger partial charge in [0.1, 0.15) is 0 Å². The SMILES string of the molecule is CCC(C)C1(N)Cc2ccccc2C1. The third-order valence-electron chi connectivity index (χ3n) is 3.75. The molecule has 1 nitrogen and oxygen atoms in total. The lowest BCUT2D eigenvalue weighted by molar-refractivity contribution is 0.295. The van der Waals surface area contributed by atoms with E-state index in [9.17, 15) is 0 Å². The van der Waals surface area contributed by atoms with E-state index >= 15 is 0 Å². The van der Waals surface area contributed by atoms with Crippen LogP contribution in [0.2, 0.25) is 0 Å². The highest BCUT2D eigenvalue weighted by atomic mass is 14.8. The Labute approximate surface area is 86.3 Å². The highest BCUT2D eigenvalue weighted by molar-refractivity contribution is 5.36. The monoisotopic (exact) mass is 189 g/mol. The molecule has 0 spiro atoms. The minimum Gasteiger partial charge on any atom is -0.324 e. The molecule has 1 unspecified atom stereocenters. The molecule has 0 aromatic heterocycles. The smallest absolute Gasteiger partial charge is 0.0261 e. The van der Waals surface area contributed by atoms with E-state index in [1.165, 1.54) is 17.5 Å². The summed E-state index contributed by atoms with van der Waals surface area (Å²) in [5, 5.41) is 0. The van der Waals surface area contributed by atoms with E-state index in [1.807, 2.05) is 0 Å². The molecule has 76 valence electrons. The van der Waals surface area contributed by atoms with Gasteiger partial charge in [0.15, 0.2) is 0 Å². The van der Waals surface area contributed by atoms with E-state index in [2.05, 4.69) is 38.1 Å². The molecule has 0 saturated carbocycles. The lowest BCUT2D eigenvalue weighted by atomic mass is 9.82. The van der Waals surface area contributed by atoms with E-state index in [0.29, 0.717) is 5.92 Å². The number of nitrogens with two attached hydrogens (primary N) is 1. The zero-order valence-electron chi connectivity index (χ0n) is 9.09. The van der Waals surface area contributed by atoms with Crippen molar-refractivity contribution in [2.75, 3.05) is 0 Å². The Morgan fingerprint density at radius 3 is 2.21 bits per heavy atom. The van der Waals surface area contributed by atoms with Crippen LogP contribution in [0, 0.1) is 5.92 Å². The molecule has 1 aromatic rings. The van der Waals surface area contributed by atoms with Crippen LogP contribution in [0.15, 0.2) is 24.3 Å². The van der Waals surface area contributed by atoms with Crippen molar-refractivity contribution in [1.82, 2.24) is 0 Å². The lowest BCUT2D eigenvalue weighted by Gasteiger charge is -2.30. The van der Waals surface area contributed by atoms with Gasteiger partial charge in [-0.05, 0) is 29.9 Å². The maximum atomic E-state index is 6.46. The standard InChI is InChI=1S/C13H19N/c1-3-10(2)13(14)8-11-6-4-5-7-12(11)9-13/h4-7,10H,3,8-9,14H2,1-2H3. The topological polar surface area (TPSA) is 26.0 Å². The second-order valence-corrected chi connectivity index (χ2v) is 4.66. The third-order valence-corrected chi connectivity index (χ3v) is 3.75. The van der Waals surface area contributed by atoms with Gasteiger partial charge in [0.05, 0.1) is 0 Å². The molecule has 1 heteroatoms. The fourth-order valence-electron chi connectivity index (χ4n) is 2.43. The Morgan fingerprint density at radius 1 is 1.29 bits per heavy atom. The van der Waals surface area contributed by atoms with Crippen molar-refractivity contribution in [1.29, 1.82) is 0 Å². The minimum absolute atomic E-state index is 0.0123. The molecule has 2 N–H and O–H groups in total. The first kappa shape index (κ1) is 9.72. The van der Waals surface area contributed by atoms with Crippen LogP contribution in [0.1, 0.15) is 31.4 Å². The van der Waals surface area contributed by atoms with Crippen LogP contribution in [-0.2, 0) is 12.8 Å². The van der Waals surface area contributed by atoms with Gasteiger partial charge in [-0.1, -0.05) is 44.5 Å². The van der Waals surface area contributed by atoms with Crippen LogP contribution in [0.25, 0.3) is 0 Å². The molecule has 0 aliphatic heterocycles. The Kier molecular flexibility index (Phi) is 2.36. The van der Waals surface area contributed by atoms with Gasteiger partial charge in [0, 0.05) is 5.54 Å². The molecule has 0 radical (unpaired) electrons. The Morgan fingerprint density at radius 2 is 1.79 bits per heavy atom. The summed E-state index contributed by atoms with van der Waals surface area (Å²) in [4.78, 5) is 0. The molecule has 1 aliphatic carbocycles. The summed E-state index contributed by atoms with van der Waals surface area (Å²) in [7, 11) is 0. The summed E-state index contributed by atoms with van der Waals surface area (Å²) < 4.78 is 0. The van der Waals surface area contributed by atoms with E-state index in [1.54, 1.807) is 0 Å². The Balaban J connectivity index is 2.25. The van der Waals surface area contributed by atoms with Crippen LogP contribution < -0.4 is 5.73 Å². The van der Waals surface area contributed by atoms with Crippen molar-refractivity contribution in [2.24, 2.45) is 11.7 Å². The maximum Gasteiger partial charge on any atom is 0.0261 e. The second kappa shape index (κ2) is 3.39. The fraction of sp³-hybridized carbons (Fsp3) is 0.538. The highest BCUT2D eigenvalue weighted by Crippen LogP contribution is 2.34. The normalized spacial score (nSPS) is 20.5. The molecule has 1 aliphatic rings. The van der Waals surface area contributed by atoms with Crippen LogP contribution >= 0.6 is 0 Å². The van der Waals surface area contributed by atoms with E-state index in [4.69, 9.17) is 5.73 Å². The van der Waals surface area contributed by atoms with Crippen molar-refractivity contribution < 1.29 is 0 Å². The van der Waals surface area contributed by atoms with Crippen LogP contribution in [0.5, 0.6) is 0 Å². The fourth-order valence-corrected chi connectivity index (χ4v) is 2.43. The van der Waals surface area contributed by atoms with Gasteiger partial charge >= 0.3 is 0 Å². The Hall–Kier alpha value is -0.820. The van der Waals surface area contributed by atoms with Gasteiger partial charge in [-0.2, -0.15) is 0 Å². The van der Waals surface area contributed by atoms with Crippen LogP contribution in [0.3, 0.4) is 0 Å². The lowest BCUT2D eigenvalue weighted by Crippen LogP contribution is -2.46. The zero-order valence-corrected chi connectivity index (χ0v) is 9.09. The summed E-state index contributed by atoms with van der Waals surface area (Å²) in [6, 6.07) is 8.65. The number of hydrogen-bond donors (Lipinski definition) is 1. The van der Waals surface area contributed by atoms with Gasteiger partial charge in [0.2, 0.25) is 0 Å². The van der Waals surface area contributed by atoms with E-state index < -0.39 is 0 Å². The van der Waals surface area contributed by atoms with Gasteiger partial charge in [-0.25, -0.2) is 0 Å². The second-order valence-electron chi connectivity index (χ2n) is 4.66. The van der Waals surface area contributed by atoms with Crippen molar-refractivity contribution >= 4 is 0 Å². The van der Waals surface area contributed by atoms with Gasteiger partial charge in [-0.15, -0.1) is 0 Å². The average molecular weight is 189 g/mol. The predicted molar refractivity (Wildman–Crippen MR) is 60.2 cm³/mol. The summed E-state index contributed by atoms with van der Waals surface area (Å²) in [6.07, 6.45) is 3.28. The third kappa shape index (κ3) is 1.46. The molecular weight excluding hydrogens is 170 g/mol. The van der Waals surface area contributed by atoms with Crippen molar-refractivity contribution in [3.63, 3.8) is 0 Å². The molecule has 14 heavy (non-hydrogen) atoms. The van der Waals surface area contributed by atoms with Crippen molar-refractivity contribution in [2.45, 2.75) is 38.6 Å². The van der Waals surface area contributed by atoms with Gasteiger partial charge < -0.3 is 5.73 Å². The largest absolute Gasteiger partial charge is 0.324 e. The summed E-state index contributed by atoms with van der Waals surface area (Å²) in [6.45, 7) is 4.49. The molecule has 2 rings (SSSR count). The molecule has 0 fully saturated rings. The number of benzene rings is 1. The first-order valence-electron chi connectivity index (χ1n) is 5.51. The molecule has 0 bridgehead atoms. The zero-order chi connectivity index (χ0) is 10.2. The van der Waals surface area contributed by atoms with Crippen molar-refractivity contribution in [3.05, 3.63) is 35.4 Å². The predicted octanol–water partition coefficient (Wildman–Crippen LogP) is 2.53. The molecule has 0 amide bonds. The summed E-state index contributed by atoms with van der Waals surface area (Å²) in [5.41, 5.74) is 9.38. The average Bonchev–Trinajstić information content (AvgIpc) is 2.54. The molecule has 0 saturated heterocycles. The van der Waals surface area contributed by atoms with E-state index in [-0.39, 0.29) is 5.54 Å². The molecular formula is C13H19N. The van der Waals surface area contributed by atoms with Gasteiger partial charge in [0.25, 0.3) is 0 Å². The minimum atomic E-state index is 0.0123.